The molecule has 0 saturated heterocycles. The first-order chi connectivity index (χ1) is 9.31. The zero-order valence-corrected chi connectivity index (χ0v) is 13.0. The summed E-state index contributed by atoms with van der Waals surface area (Å²) in [6.45, 7) is 6.64. The van der Waals surface area contributed by atoms with Gasteiger partial charge in [0.1, 0.15) is 11.1 Å². The van der Waals surface area contributed by atoms with Crippen molar-refractivity contribution in [1.29, 1.82) is 0 Å². The predicted molar refractivity (Wildman–Crippen MR) is 73.7 cm³/mol. The van der Waals surface area contributed by atoms with Crippen LogP contribution >= 0.6 is 11.3 Å². The first kappa shape index (κ1) is 17.4. The molecule has 0 aliphatic rings. The second-order valence-corrected chi connectivity index (χ2v) is 6.01. The number of methoxy groups -OCH3 is 1. The van der Waals surface area contributed by atoms with Gasteiger partial charge in [-0.2, -0.15) is 13.2 Å². The molecule has 0 spiro atoms. The number of thiazole rings is 1. The Bertz CT molecular complexity index is 418. The molecule has 0 aliphatic carbocycles. The van der Waals surface area contributed by atoms with E-state index in [1.54, 1.807) is 0 Å². The molecule has 0 amide bonds. The summed E-state index contributed by atoms with van der Waals surface area (Å²) in [7, 11) is 1.49. The Hall–Kier alpha value is -0.660. The topological polar surface area (TPSA) is 34.1 Å². The lowest BCUT2D eigenvalue weighted by molar-refractivity contribution is -0.141. The third-order valence-electron chi connectivity index (χ3n) is 2.80. The first-order valence-electron chi connectivity index (χ1n) is 6.61. The normalized spacial score (nSPS) is 14.0. The Kier molecular flexibility index (Phi) is 6.42. The molecule has 0 aromatic carbocycles. The number of nitrogens with one attached hydrogen (secondary N) is 1. The van der Waals surface area contributed by atoms with E-state index in [4.69, 9.17) is 4.74 Å². The molecule has 116 valence electrons. The van der Waals surface area contributed by atoms with E-state index < -0.39 is 18.0 Å². The van der Waals surface area contributed by atoms with Crippen molar-refractivity contribution in [2.24, 2.45) is 5.92 Å². The zero-order chi connectivity index (χ0) is 15.3. The fraction of sp³-hybridized carbons (Fsp3) is 0.769. The maximum Gasteiger partial charge on any atom is 0.434 e. The largest absolute Gasteiger partial charge is 0.434 e. The van der Waals surface area contributed by atoms with E-state index >= 15 is 0 Å². The molecule has 1 atom stereocenters. The van der Waals surface area contributed by atoms with Crippen LogP contribution in [0.5, 0.6) is 0 Å². The Morgan fingerprint density at radius 3 is 2.45 bits per heavy atom. The van der Waals surface area contributed by atoms with Crippen LogP contribution < -0.4 is 5.32 Å². The molecular weight excluding hydrogens is 289 g/mol. The van der Waals surface area contributed by atoms with Crippen molar-refractivity contribution in [3.8, 4) is 0 Å². The standard InChI is InChI=1S/C13H21F3N2OS/c1-5-6-17-7-9-11(13(14,15)16)18-12(20-9)10(19-4)8(2)3/h8,10,17H,5-7H2,1-4H3. The average molecular weight is 310 g/mol. The molecule has 0 saturated carbocycles. The summed E-state index contributed by atoms with van der Waals surface area (Å²) in [6, 6.07) is 0. The fourth-order valence-corrected chi connectivity index (χ4v) is 3.18. The number of halogens is 3. The molecule has 0 fully saturated rings. The monoisotopic (exact) mass is 310 g/mol. The number of ether oxygens (including phenoxy) is 1. The predicted octanol–water partition coefficient (Wildman–Crippen LogP) is 4.01. The van der Waals surface area contributed by atoms with Gasteiger partial charge in [-0.25, -0.2) is 4.98 Å². The van der Waals surface area contributed by atoms with Crippen molar-refractivity contribution in [1.82, 2.24) is 10.3 Å². The maximum absolute atomic E-state index is 13.0. The van der Waals surface area contributed by atoms with Gasteiger partial charge in [-0.05, 0) is 18.9 Å². The smallest absolute Gasteiger partial charge is 0.374 e. The number of nitrogens with zero attached hydrogens (tertiary/aromatic N) is 1. The van der Waals surface area contributed by atoms with Crippen LogP contribution in [-0.4, -0.2) is 18.6 Å². The minimum Gasteiger partial charge on any atom is -0.374 e. The average Bonchev–Trinajstić information content (AvgIpc) is 2.73. The Morgan fingerprint density at radius 2 is 2.00 bits per heavy atom. The van der Waals surface area contributed by atoms with Gasteiger partial charge in [0.25, 0.3) is 0 Å². The third-order valence-corrected chi connectivity index (χ3v) is 3.91. The first-order valence-corrected chi connectivity index (χ1v) is 7.43. The maximum atomic E-state index is 13.0. The van der Waals surface area contributed by atoms with Crippen molar-refractivity contribution in [3.05, 3.63) is 15.6 Å². The van der Waals surface area contributed by atoms with Gasteiger partial charge < -0.3 is 10.1 Å². The molecule has 3 nitrogen and oxygen atoms in total. The van der Waals surface area contributed by atoms with Gasteiger partial charge in [0.15, 0.2) is 5.69 Å². The molecule has 1 unspecified atom stereocenters. The Labute approximate surface area is 121 Å². The van der Waals surface area contributed by atoms with E-state index in [2.05, 4.69) is 10.3 Å². The number of alkyl halides is 3. The molecule has 1 heterocycles. The van der Waals surface area contributed by atoms with Crippen LogP contribution in [0, 0.1) is 5.92 Å². The molecule has 0 aliphatic heterocycles. The summed E-state index contributed by atoms with van der Waals surface area (Å²) in [5.74, 6) is 0.0729. The lowest BCUT2D eigenvalue weighted by atomic mass is 10.1. The van der Waals surface area contributed by atoms with Crippen molar-refractivity contribution in [3.63, 3.8) is 0 Å². The molecule has 1 rings (SSSR count). The van der Waals surface area contributed by atoms with Crippen LogP contribution in [0.1, 0.15) is 48.9 Å². The van der Waals surface area contributed by atoms with Crippen LogP contribution in [0.15, 0.2) is 0 Å². The van der Waals surface area contributed by atoms with E-state index in [0.717, 1.165) is 17.8 Å². The molecule has 1 aromatic rings. The van der Waals surface area contributed by atoms with Gasteiger partial charge in [0.05, 0.1) is 4.88 Å². The summed E-state index contributed by atoms with van der Waals surface area (Å²) in [4.78, 5) is 4.01. The summed E-state index contributed by atoms with van der Waals surface area (Å²) in [5.41, 5.74) is -0.788. The van der Waals surface area contributed by atoms with E-state index in [0.29, 0.717) is 11.6 Å². The van der Waals surface area contributed by atoms with E-state index in [-0.39, 0.29) is 17.3 Å². The fourth-order valence-electron chi connectivity index (χ4n) is 1.87. The SMILES string of the molecule is CCCNCc1sc(C(OC)C(C)C)nc1C(F)(F)F. The van der Waals surface area contributed by atoms with Crippen LogP contribution in [0.4, 0.5) is 13.2 Å². The molecule has 1 aromatic heterocycles. The minimum atomic E-state index is -4.42. The third kappa shape index (κ3) is 4.43. The quantitative estimate of drug-likeness (QED) is 0.773. The summed E-state index contributed by atoms with van der Waals surface area (Å²) in [5, 5.41) is 3.38. The van der Waals surface area contributed by atoms with Crippen molar-refractivity contribution < 1.29 is 17.9 Å². The zero-order valence-electron chi connectivity index (χ0n) is 12.2. The van der Waals surface area contributed by atoms with Gasteiger partial charge in [-0.15, -0.1) is 11.3 Å². The summed E-state index contributed by atoms with van der Waals surface area (Å²) < 4.78 is 44.3. The van der Waals surface area contributed by atoms with Gasteiger partial charge in [-0.3, -0.25) is 0 Å². The summed E-state index contributed by atoms with van der Waals surface area (Å²) in [6.07, 6.45) is -3.95. The van der Waals surface area contributed by atoms with Crippen LogP contribution in [0.25, 0.3) is 0 Å². The van der Waals surface area contributed by atoms with Gasteiger partial charge in [0.2, 0.25) is 0 Å². The number of hydrogen-bond donors (Lipinski definition) is 1. The van der Waals surface area contributed by atoms with Gasteiger partial charge in [0, 0.05) is 13.7 Å². The van der Waals surface area contributed by atoms with Crippen LogP contribution in [0.3, 0.4) is 0 Å². The Balaban J connectivity index is 3.05. The van der Waals surface area contributed by atoms with Crippen LogP contribution in [0.2, 0.25) is 0 Å². The number of aromatic nitrogens is 1. The van der Waals surface area contributed by atoms with E-state index in [1.807, 2.05) is 20.8 Å². The number of hydrogen-bond acceptors (Lipinski definition) is 4. The molecule has 0 radical (unpaired) electrons. The second kappa shape index (κ2) is 7.38. The van der Waals surface area contributed by atoms with E-state index in [9.17, 15) is 13.2 Å². The van der Waals surface area contributed by atoms with E-state index in [1.165, 1.54) is 7.11 Å². The Morgan fingerprint density at radius 1 is 1.35 bits per heavy atom. The molecule has 0 bridgehead atoms. The van der Waals surface area contributed by atoms with Gasteiger partial charge >= 0.3 is 6.18 Å². The highest BCUT2D eigenvalue weighted by Crippen LogP contribution is 2.38. The molecule has 7 heteroatoms. The van der Waals surface area contributed by atoms with Crippen LogP contribution in [-0.2, 0) is 17.5 Å². The number of rotatable bonds is 7. The van der Waals surface area contributed by atoms with Crippen molar-refractivity contribution in [2.45, 2.75) is 46.0 Å². The lowest BCUT2D eigenvalue weighted by Crippen LogP contribution is -2.17. The second-order valence-electron chi connectivity index (χ2n) is 4.90. The highest BCUT2D eigenvalue weighted by Gasteiger charge is 2.38. The minimum absolute atomic E-state index is 0.0729. The lowest BCUT2D eigenvalue weighted by Gasteiger charge is -2.16. The van der Waals surface area contributed by atoms with Gasteiger partial charge in [-0.1, -0.05) is 20.8 Å². The summed E-state index contributed by atoms with van der Waals surface area (Å²) >= 11 is 1.08. The molecular formula is C13H21F3N2OS. The van der Waals surface area contributed by atoms with Crippen molar-refractivity contribution in [2.75, 3.05) is 13.7 Å². The molecule has 20 heavy (non-hydrogen) atoms. The molecule has 1 N–H and O–H groups in total. The highest BCUT2D eigenvalue weighted by molar-refractivity contribution is 7.11. The highest BCUT2D eigenvalue weighted by atomic mass is 32.1. The van der Waals surface area contributed by atoms with Crippen molar-refractivity contribution >= 4 is 11.3 Å².